The van der Waals surface area contributed by atoms with E-state index in [1.165, 1.54) is 0 Å². The van der Waals surface area contributed by atoms with Gasteiger partial charge in [-0.15, -0.1) is 0 Å². The van der Waals surface area contributed by atoms with E-state index in [1.807, 2.05) is 39.8 Å². The van der Waals surface area contributed by atoms with Crippen molar-refractivity contribution in [1.29, 1.82) is 0 Å². The number of rotatable bonds is 9. The second kappa shape index (κ2) is 9.43. The van der Waals surface area contributed by atoms with Crippen LogP contribution in [0.25, 0.3) is 0 Å². The molecule has 0 amide bonds. The van der Waals surface area contributed by atoms with E-state index in [1.54, 1.807) is 14.0 Å². The Labute approximate surface area is 163 Å². The zero-order chi connectivity index (χ0) is 19.2. The summed E-state index contributed by atoms with van der Waals surface area (Å²) in [5.41, 5.74) is 0.418. The van der Waals surface area contributed by atoms with Crippen LogP contribution in [0.15, 0.2) is 24.3 Å². The van der Waals surface area contributed by atoms with Gasteiger partial charge >= 0.3 is 5.97 Å². The van der Waals surface area contributed by atoms with Gasteiger partial charge in [0.25, 0.3) is 0 Å². The van der Waals surface area contributed by atoms with Crippen LogP contribution in [0.3, 0.4) is 0 Å². The highest BCUT2D eigenvalue weighted by atomic mass is 127. The Kier molecular flexibility index (Phi) is 8.21. The lowest BCUT2D eigenvalue weighted by Crippen LogP contribution is -2.29. The largest absolute Gasteiger partial charge is 0.493 e. The molecule has 0 fully saturated rings. The predicted octanol–water partition coefficient (Wildman–Crippen LogP) is 4.81. The number of esters is 1. The third kappa shape index (κ3) is 5.60. The van der Waals surface area contributed by atoms with E-state index in [-0.39, 0.29) is 0 Å². The molecule has 1 rings (SSSR count). The first kappa shape index (κ1) is 21.8. The van der Waals surface area contributed by atoms with Gasteiger partial charge in [0.15, 0.2) is 17.8 Å². The van der Waals surface area contributed by atoms with Gasteiger partial charge in [-0.2, -0.15) is 0 Å². The summed E-state index contributed by atoms with van der Waals surface area (Å²) >= 11 is 2.18. The van der Waals surface area contributed by atoms with Gasteiger partial charge in [0.05, 0.1) is 10.7 Å². The summed E-state index contributed by atoms with van der Waals surface area (Å²) in [6.07, 6.45) is 0.220. The fourth-order valence-corrected chi connectivity index (χ4v) is 2.93. The maximum Gasteiger partial charge on any atom is 0.333 e. The Morgan fingerprint density at radius 1 is 1.36 bits per heavy atom. The van der Waals surface area contributed by atoms with Crippen molar-refractivity contribution >= 4 is 28.6 Å². The fourth-order valence-electron chi connectivity index (χ4n) is 2.20. The van der Waals surface area contributed by atoms with Crippen molar-refractivity contribution in [3.63, 3.8) is 0 Å². The van der Waals surface area contributed by atoms with Gasteiger partial charge in [0.2, 0.25) is 0 Å². The first-order chi connectivity index (χ1) is 11.7. The van der Waals surface area contributed by atoms with E-state index >= 15 is 0 Å². The molecule has 1 aromatic carbocycles. The third-order valence-electron chi connectivity index (χ3n) is 3.87. The first-order valence-electron chi connectivity index (χ1n) is 8.23. The fraction of sp³-hybridized carbons (Fsp3) is 0.526. The zero-order valence-electron chi connectivity index (χ0n) is 15.8. The highest BCUT2D eigenvalue weighted by Gasteiger charge is 2.31. The molecule has 0 heterocycles. The van der Waals surface area contributed by atoms with E-state index in [9.17, 15) is 4.79 Å². The second-order valence-electron chi connectivity index (χ2n) is 5.88. The number of ether oxygens (including phenoxy) is 4. The molecular weight excluding hydrogens is 435 g/mol. The lowest BCUT2D eigenvalue weighted by atomic mass is 9.92. The van der Waals surface area contributed by atoms with Crippen LogP contribution in [0.2, 0.25) is 0 Å². The zero-order valence-corrected chi connectivity index (χ0v) is 17.9. The molecule has 5 nitrogen and oxygen atoms in total. The van der Waals surface area contributed by atoms with Crippen molar-refractivity contribution < 1.29 is 23.7 Å². The summed E-state index contributed by atoms with van der Waals surface area (Å²) in [5.74, 6) is 0.764. The quantitative estimate of drug-likeness (QED) is 0.228. The summed E-state index contributed by atoms with van der Waals surface area (Å²) in [6, 6.07) is 3.78. The molecule has 6 heteroatoms. The molecule has 0 N–H and O–H groups in total. The molecule has 0 saturated heterocycles. The number of hydrogen-bond acceptors (Lipinski definition) is 5. The van der Waals surface area contributed by atoms with Gasteiger partial charge in [-0.05, 0) is 68.8 Å². The second-order valence-corrected chi connectivity index (χ2v) is 7.05. The Bertz CT molecular complexity index is 628. The van der Waals surface area contributed by atoms with E-state index in [0.717, 1.165) is 9.13 Å². The topological polar surface area (TPSA) is 54.0 Å². The summed E-state index contributed by atoms with van der Waals surface area (Å²) < 4.78 is 23.3. The molecule has 0 aromatic heterocycles. The number of halogens is 1. The number of carbonyl (C=O) groups excluding carboxylic acids is 1. The van der Waals surface area contributed by atoms with Crippen molar-refractivity contribution in [2.75, 3.05) is 13.7 Å². The van der Waals surface area contributed by atoms with Crippen molar-refractivity contribution in [3.8, 4) is 11.5 Å². The number of carbonyl (C=O) groups is 1. The molecule has 0 aliphatic carbocycles. The number of methoxy groups -OCH3 is 1. The van der Waals surface area contributed by atoms with E-state index in [2.05, 4.69) is 29.2 Å². The SMILES string of the molecule is C=C(C)C(=O)OC(C)(CC)c1cc(I)c(OC(C)OCC)c(OC)c1. The molecule has 0 aliphatic heterocycles. The lowest BCUT2D eigenvalue weighted by molar-refractivity contribution is -0.154. The Balaban J connectivity index is 3.26. The minimum absolute atomic E-state index is 0.367. The van der Waals surface area contributed by atoms with Crippen molar-refractivity contribution in [2.45, 2.75) is 52.9 Å². The predicted molar refractivity (Wildman–Crippen MR) is 106 cm³/mol. The minimum atomic E-state index is -0.784. The maximum atomic E-state index is 12.0. The van der Waals surface area contributed by atoms with Crippen molar-refractivity contribution in [2.24, 2.45) is 0 Å². The normalized spacial score (nSPS) is 14.4. The van der Waals surface area contributed by atoms with Gasteiger partial charge < -0.3 is 18.9 Å². The van der Waals surface area contributed by atoms with Crippen molar-refractivity contribution in [3.05, 3.63) is 33.4 Å². The molecular formula is C19H27IO5. The highest BCUT2D eigenvalue weighted by Crippen LogP contribution is 2.40. The monoisotopic (exact) mass is 462 g/mol. The van der Waals surface area contributed by atoms with Crippen LogP contribution >= 0.6 is 22.6 Å². The van der Waals surface area contributed by atoms with Crippen LogP contribution < -0.4 is 9.47 Å². The number of hydrogen-bond donors (Lipinski definition) is 0. The summed E-state index contributed by atoms with van der Waals surface area (Å²) in [7, 11) is 1.58. The highest BCUT2D eigenvalue weighted by molar-refractivity contribution is 14.1. The van der Waals surface area contributed by atoms with E-state index in [4.69, 9.17) is 18.9 Å². The summed E-state index contributed by atoms with van der Waals surface area (Å²) in [5, 5.41) is 0. The van der Waals surface area contributed by atoms with Gasteiger partial charge in [-0.3, -0.25) is 0 Å². The third-order valence-corrected chi connectivity index (χ3v) is 4.67. The Morgan fingerprint density at radius 3 is 2.48 bits per heavy atom. The average Bonchev–Trinajstić information content (AvgIpc) is 2.56. The van der Waals surface area contributed by atoms with Crippen LogP contribution in [0.4, 0.5) is 0 Å². The smallest absolute Gasteiger partial charge is 0.333 e. The molecule has 0 saturated carbocycles. The average molecular weight is 462 g/mol. The molecule has 0 aliphatic rings. The molecule has 140 valence electrons. The van der Waals surface area contributed by atoms with E-state index in [0.29, 0.717) is 30.1 Å². The van der Waals surface area contributed by atoms with Gasteiger partial charge in [0, 0.05) is 17.7 Å². The summed E-state index contributed by atoms with van der Waals surface area (Å²) in [6.45, 7) is 13.4. The maximum absolute atomic E-state index is 12.0. The molecule has 2 unspecified atom stereocenters. The molecule has 0 radical (unpaired) electrons. The molecule has 1 aromatic rings. The van der Waals surface area contributed by atoms with Gasteiger partial charge in [0.1, 0.15) is 5.60 Å². The van der Waals surface area contributed by atoms with Crippen LogP contribution in [0.1, 0.15) is 46.6 Å². The van der Waals surface area contributed by atoms with Crippen LogP contribution in [0.5, 0.6) is 11.5 Å². The van der Waals surface area contributed by atoms with Gasteiger partial charge in [-0.25, -0.2) is 4.79 Å². The Hall–Kier alpha value is -1.28. The molecule has 0 spiro atoms. The first-order valence-corrected chi connectivity index (χ1v) is 9.31. The van der Waals surface area contributed by atoms with Crippen LogP contribution in [-0.2, 0) is 19.9 Å². The standard InChI is InChI=1S/C19H27IO5/c1-8-19(6,25-18(21)12(3)4)14-10-15(20)17(16(11-14)22-7)24-13(5)23-9-2/h10-11,13H,3,8-9H2,1-2,4-7H3. The molecule has 25 heavy (non-hydrogen) atoms. The minimum Gasteiger partial charge on any atom is -0.493 e. The van der Waals surface area contributed by atoms with Crippen molar-refractivity contribution in [1.82, 2.24) is 0 Å². The van der Waals surface area contributed by atoms with Gasteiger partial charge in [-0.1, -0.05) is 13.5 Å². The van der Waals surface area contributed by atoms with Crippen LogP contribution in [0, 0.1) is 3.57 Å². The summed E-state index contributed by atoms with van der Waals surface area (Å²) in [4.78, 5) is 12.0. The molecule has 0 bridgehead atoms. The molecule has 2 atom stereocenters. The van der Waals surface area contributed by atoms with E-state index < -0.39 is 17.9 Å². The van der Waals surface area contributed by atoms with Crippen LogP contribution in [-0.4, -0.2) is 26.0 Å². The Morgan fingerprint density at radius 2 is 2.00 bits per heavy atom. The lowest BCUT2D eigenvalue weighted by Gasteiger charge is -2.30. The number of benzene rings is 1.